The Labute approximate surface area is 84.1 Å². The van der Waals surface area contributed by atoms with Crippen LogP contribution in [0.5, 0.6) is 0 Å². The normalized spacial score (nSPS) is 33.6. The first-order valence-electron chi connectivity index (χ1n) is 5.22. The van der Waals surface area contributed by atoms with Crippen LogP contribution in [-0.4, -0.2) is 23.1 Å². The predicted molar refractivity (Wildman–Crippen MR) is 57.3 cm³/mol. The van der Waals surface area contributed by atoms with Gasteiger partial charge < -0.3 is 4.74 Å². The number of thioether (sulfide) groups is 1. The van der Waals surface area contributed by atoms with Gasteiger partial charge in [0.05, 0.1) is 6.04 Å². The van der Waals surface area contributed by atoms with Crippen molar-refractivity contribution < 1.29 is 4.74 Å². The molecule has 1 unspecified atom stereocenters. The lowest BCUT2D eigenvalue weighted by Crippen LogP contribution is -2.12. The number of rotatable bonds is 1. The lowest BCUT2D eigenvalue weighted by Gasteiger charge is -2.17. The highest BCUT2D eigenvalue weighted by atomic mass is 32.2. The Morgan fingerprint density at radius 1 is 1.31 bits per heavy atom. The molecular formula is C10H17NOS. The van der Waals surface area contributed by atoms with Gasteiger partial charge in [-0.2, -0.15) is 0 Å². The van der Waals surface area contributed by atoms with Crippen LogP contribution in [0.1, 0.15) is 39.0 Å². The maximum atomic E-state index is 5.58. The fraction of sp³-hybridized carbons (Fsp3) is 0.900. The van der Waals surface area contributed by atoms with E-state index in [0.717, 1.165) is 11.0 Å². The third kappa shape index (κ3) is 2.63. The van der Waals surface area contributed by atoms with Crippen LogP contribution in [0.2, 0.25) is 0 Å². The van der Waals surface area contributed by atoms with E-state index in [1.807, 2.05) is 0 Å². The molecule has 0 spiro atoms. The molecule has 3 heteroatoms. The van der Waals surface area contributed by atoms with E-state index in [4.69, 9.17) is 4.74 Å². The first kappa shape index (κ1) is 9.38. The maximum Gasteiger partial charge on any atom is 0.246 e. The molecule has 1 heterocycles. The number of aliphatic imine (C=N–C) groups is 1. The van der Waals surface area contributed by atoms with Crippen LogP contribution in [0.4, 0.5) is 0 Å². The number of nitrogens with zero attached hydrogens (tertiary/aromatic N) is 1. The zero-order chi connectivity index (χ0) is 9.10. The third-order valence-corrected chi connectivity index (χ3v) is 3.69. The summed E-state index contributed by atoms with van der Waals surface area (Å²) in [6, 6.07) is 0.557. The molecule has 2 fully saturated rings. The minimum atomic E-state index is 0.368. The summed E-state index contributed by atoms with van der Waals surface area (Å²) < 4.78 is 5.58. The second-order valence-electron chi connectivity index (χ2n) is 3.93. The highest BCUT2D eigenvalue weighted by Crippen LogP contribution is 2.25. The average molecular weight is 199 g/mol. The summed E-state index contributed by atoms with van der Waals surface area (Å²) in [5.41, 5.74) is 0. The summed E-state index contributed by atoms with van der Waals surface area (Å²) in [6.45, 7) is 2.11. The Morgan fingerprint density at radius 2 is 2.08 bits per heavy atom. The lowest BCUT2D eigenvalue weighted by molar-refractivity contribution is 0.248. The van der Waals surface area contributed by atoms with Gasteiger partial charge in [-0.05, 0) is 19.8 Å². The summed E-state index contributed by atoms with van der Waals surface area (Å²) >= 11 is 1.77. The topological polar surface area (TPSA) is 21.6 Å². The number of hydrogen-bond donors (Lipinski definition) is 0. The maximum absolute atomic E-state index is 5.58. The van der Waals surface area contributed by atoms with Gasteiger partial charge in [-0.3, -0.25) is 0 Å². The van der Waals surface area contributed by atoms with Crippen molar-refractivity contribution in [3.8, 4) is 0 Å². The minimum absolute atomic E-state index is 0.368. The summed E-state index contributed by atoms with van der Waals surface area (Å²) in [5.74, 6) is 1.07. The lowest BCUT2D eigenvalue weighted by atomic mass is 9.96. The largest absolute Gasteiger partial charge is 0.469 e. The summed E-state index contributed by atoms with van der Waals surface area (Å²) in [4.78, 5) is 4.64. The first-order chi connectivity index (χ1) is 6.34. The molecule has 74 valence electrons. The fourth-order valence-corrected chi connectivity index (χ4v) is 2.76. The van der Waals surface area contributed by atoms with Gasteiger partial charge in [-0.25, -0.2) is 4.99 Å². The van der Waals surface area contributed by atoms with E-state index >= 15 is 0 Å². The summed E-state index contributed by atoms with van der Waals surface area (Å²) in [6.07, 6.45) is 6.99. The van der Waals surface area contributed by atoms with Crippen LogP contribution >= 0.6 is 11.8 Å². The van der Waals surface area contributed by atoms with Crippen LogP contribution in [0.3, 0.4) is 0 Å². The SMILES string of the molecule is CC1CSC(=NC2CCCCC2)O1. The summed E-state index contributed by atoms with van der Waals surface area (Å²) in [7, 11) is 0. The molecule has 1 atom stereocenters. The van der Waals surface area contributed by atoms with Gasteiger partial charge in [0.15, 0.2) is 0 Å². The molecule has 1 saturated heterocycles. The minimum Gasteiger partial charge on any atom is -0.469 e. The van der Waals surface area contributed by atoms with E-state index in [1.165, 1.54) is 32.1 Å². The Kier molecular flexibility index (Phi) is 3.14. The molecule has 0 N–H and O–H groups in total. The molecule has 0 aromatic heterocycles. The number of hydrogen-bond acceptors (Lipinski definition) is 3. The first-order valence-corrected chi connectivity index (χ1v) is 6.20. The highest BCUT2D eigenvalue weighted by molar-refractivity contribution is 8.13. The van der Waals surface area contributed by atoms with E-state index in [0.29, 0.717) is 12.1 Å². The molecule has 0 aromatic rings. The standard InChI is InChI=1S/C10H17NOS/c1-8-7-13-10(12-8)11-9-5-3-2-4-6-9/h8-9H,2-7H2,1H3. The molecule has 2 nitrogen and oxygen atoms in total. The molecule has 2 aliphatic rings. The zero-order valence-corrected chi connectivity index (χ0v) is 8.98. The molecule has 2 rings (SSSR count). The van der Waals surface area contributed by atoms with Crippen LogP contribution in [0, 0.1) is 0 Å². The van der Waals surface area contributed by atoms with Crippen molar-refractivity contribution >= 4 is 17.0 Å². The van der Waals surface area contributed by atoms with Crippen molar-refractivity contribution in [3.05, 3.63) is 0 Å². The fourth-order valence-electron chi connectivity index (χ4n) is 1.86. The van der Waals surface area contributed by atoms with E-state index in [9.17, 15) is 0 Å². The van der Waals surface area contributed by atoms with Gasteiger partial charge in [0, 0.05) is 5.75 Å². The average Bonchev–Trinajstić information content (AvgIpc) is 2.53. The van der Waals surface area contributed by atoms with Crippen molar-refractivity contribution in [1.29, 1.82) is 0 Å². The van der Waals surface area contributed by atoms with Crippen molar-refractivity contribution in [2.24, 2.45) is 4.99 Å². The zero-order valence-electron chi connectivity index (χ0n) is 8.16. The van der Waals surface area contributed by atoms with Crippen molar-refractivity contribution in [3.63, 3.8) is 0 Å². The van der Waals surface area contributed by atoms with E-state index in [-0.39, 0.29) is 0 Å². The van der Waals surface area contributed by atoms with Crippen molar-refractivity contribution in [1.82, 2.24) is 0 Å². The molecule has 1 aliphatic carbocycles. The van der Waals surface area contributed by atoms with Crippen LogP contribution in [0.15, 0.2) is 4.99 Å². The van der Waals surface area contributed by atoms with Crippen molar-refractivity contribution in [2.75, 3.05) is 5.75 Å². The molecule has 0 radical (unpaired) electrons. The van der Waals surface area contributed by atoms with Crippen LogP contribution < -0.4 is 0 Å². The monoisotopic (exact) mass is 199 g/mol. The second-order valence-corrected chi connectivity index (χ2v) is 4.90. The third-order valence-electron chi connectivity index (χ3n) is 2.61. The van der Waals surface area contributed by atoms with Gasteiger partial charge in [-0.15, -0.1) is 0 Å². The predicted octanol–water partition coefficient (Wildman–Crippen LogP) is 2.83. The molecule has 1 aliphatic heterocycles. The van der Waals surface area contributed by atoms with Gasteiger partial charge in [0.2, 0.25) is 5.23 Å². The van der Waals surface area contributed by atoms with Gasteiger partial charge in [0.25, 0.3) is 0 Å². The van der Waals surface area contributed by atoms with E-state index in [2.05, 4.69) is 11.9 Å². The quantitative estimate of drug-likeness (QED) is 0.647. The number of ether oxygens (including phenoxy) is 1. The smallest absolute Gasteiger partial charge is 0.246 e. The Hall–Kier alpha value is -0.180. The Balaban J connectivity index is 1.87. The molecule has 0 amide bonds. The van der Waals surface area contributed by atoms with Gasteiger partial charge >= 0.3 is 0 Å². The molecule has 1 saturated carbocycles. The van der Waals surface area contributed by atoms with Crippen molar-refractivity contribution in [2.45, 2.75) is 51.2 Å². The summed E-state index contributed by atoms with van der Waals surface area (Å²) in [5, 5.41) is 0.944. The van der Waals surface area contributed by atoms with Crippen LogP contribution in [-0.2, 0) is 4.74 Å². The molecular weight excluding hydrogens is 182 g/mol. The van der Waals surface area contributed by atoms with Gasteiger partial charge in [0.1, 0.15) is 6.10 Å². The van der Waals surface area contributed by atoms with E-state index < -0.39 is 0 Å². The molecule has 13 heavy (non-hydrogen) atoms. The van der Waals surface area contributed by atoms with Crippen LogP contribution in [0.25, 0.3) is 0 Å². The molecule has 0 aromatic carbocycles. The highest BCUT2D eigenvalue weighted by Gasteiger charge is 2.20. The van der Waals surface area contributed by atoms with E-state index in [1.54, 1.807) is 11.8 Å². The Morgan fingerprint density at radius 3 is 2.69 bits per heavy atom. The Bertz CT molecular complexity index is 199. The molecule has 0 bridgehead atoms. The van der Waals surface area contributed by atoms with Gasteiger partial charge in [-0.1, -0.05) is 31.0 Å². The second kappa shape index (κ2) is 4.36.